The molecule has 0 radical (unpaired) electrons. The molecule has 0 rings (SSSR count). The van der Waals surface area contributed by atoms with Crippen molar-refractivity contribution in [1.29, 1.82) is 0 Å². The smallest absolute Gasteiger partial charge is 0.550 e. The average Bonchev–Trinajstić information content (AvgIpc) is 1.27. The van der Waals surface area contributed by atoms with E-state index in [4.69, 9.17) is 0 Å². The molecule has 4 nitrogen and oxygen atoms in total. The number of hydrogen-bond acceptors (Lipinski definition) is 4. The zero-order valence-corrected chi connectivity index (χ0v) is 6.34. The SMILES string of the molecule is O=C([O-])CC(=O)[O-].[Na+]. The van der Waals surface area contributed by atoms with Gasteiger partial charge in [-0.3, -0.25) is 0 Å². The Hall–Kier alpha value is -0.0600. The van der Waals surface area contributed by atoms with E-state index in [-0.39, 0.29) is 29.6 Å². The maximum atomic E-state index is 9.28. The van der Waals surface area contributed by atoms with Gasteiger partial charge in [0.05, 0.1) is 0 Å². The molecule has 0 amide bonds. The second-order valence-corrected chi connectivity index (χ2v) is 0.921. The fourth-order valence-corrected chi connectivity index (χ4v) is 0.118. The first-order chi connectivity index (χ1) is 3.13. The van der Waals surface area contributed by atoms with Gasteiger partial charge in [-0.1, -0.05) is 0 Å². The van der Waals surface area contributed by atoms with Gasteiger partial charge in [0, 0.05) is 18.4 Å². The Morgan fingerprint density at radius 1 is 1.12 bits per heavy atom. The monoisotopic (exact) mass is 125 g/mol. The van der Waals surface area contributed by atoms with Crippen molar-refractivity contribution >= 4 is 11.9 Å². The molecule has 0 fully saturated rings. The summed E-state index contributed by atoms with van der Waals surface area (Å²) in [5, 5.41) is 18.6. The van der Waals surface area contributed by atoms with Crippen molar-refractivity contribution in [3.8, 4) is 0 Å². The maximum absolute atomic E-state index is 9.28. The van der Waals surface area contributed by atoms with Crippen LogP contribution < -0.4 is 39.8 Å². The summed E-state index contributed by atoms with van der Waals surface area (Å²) < 4.78 is 0. The van der Waals surface area contributed by atoms with E-state index in [2.05, 4.69) is 0 Å². The Labute approximate surface area is 67.8 Å². The third-order valence-corrected chi connectivity index (χ3v) is 0.289. The Kier molecular flexibility index (Phi) is 6.89. The van der Waals surface area contributed by atoms with Crippen molar-refractivity contribution in [2.45, 2.75) is 6.42 Å². The van der Waals surface area contributed by atoms with Crippen LogP contribution >= 0.6 is 0 Å². The van der Waals surface area contributed by atoms with Crippen molar-refractivity contribution in [2.75, 3.05) is 0 Å². The number of aliphatic carboxylic acids is 2. The van der Waals surface area contributed by atoms with Crippen LogP contribution in [0.5, 0.6) is 0 Å². The largest absolute Gasteiger partial charge is 1.00 e. The van der Waals surface area contributed by atoms with Crippen LogP contribution in [-0.2, 0) is 9.59 Å². The molecule has 0 aromatic heterocycles. The van der Waals surface area contributed by atoms with Crippen LogP contribution in [0.2, 0.25) is 0 Å². The van der Waals surface area contributed by atoms with Crippen molar-refractivity contribution in [3.63, 3.8) is 0 Å². The fourth-order valence-electron chi connectivity index (χ4n) is 0.118. The molecule has 0 heterocycles. The number of hydrogen-bond donors (Lipinski definition) is 0. The topological polar surface area (TPSA) is 80.3 Å². The van der Waals surface area contributed by atoms with Crippen LogP contribution in [0.25, 0.3) is 0 Å². The Balaban J connectivity index is 0. The van der Waals surface area contributed by atoms with E-state index in [1.807, 2.05) is 0 Å². The molecule has 8 heavy (non-hydrogen) atoms. The molecule has 0 aliphatic heterocycles. The molecule has 0 N–H and O–H groups in total. The summed E-state index contributed by atoms with van der Waals surface area (Å²) in [6.07, 6.45) is -1.03. The van der Waals surface area contributed by atoms with Gasteiger partial charge < -0.3 is 19.8 Å². The first-order valence-electron chi connectivity index (χ1n) is 1.52. The molecular formula is C3H2NaO4-. The predicted molar refractivity (Wildman–Crippen MR) is 14.6 cm³/mol. The van der Waals surface area contributed by atoms with Gasteiger partial charge in [0.2, 0.25) is 0 Å². The Morgan fingerprint density at radius 3 is 1.38 bits per heavy atom. The van der Waals surface area contributed by atoms with Crippen LogP contribution in [0.4, 0.5) is 0 Å². The van der Waals surface area contributed by atoms with Gasteiger partial charge in [0.15, 0.2) is 0 Å². The van der Waals surface area contributed by atoms with Crippen LogP contribution in [0.1, 0.15) is 6.42 Å². The molecular weight excluding hydrogens is 123 g/mol. The Bertz CT molecular complexity index is 87.5. The predicted octanol–water partition coefficient (Wildman–Crippen LogP) is -6.12. The standard InChI is InChI=1S/C3H4O4.Na/c4-2(5)1-3(6)7;/h1H2,(H,4,5)(H,6,7);/q;+1/p-2. The van der Waals surface area contributed by atoms with Crippen LogP contribution in [0, 0.1) is 0 Å². The molecule has 5 heteroatoms. The Morgan fingerprint density at radius 2 is 1.38 bits per heavy atom. The average molecular weight is 125 g/mol. The van der Waals surface area contributed by atoms with Crippen molar-refractivity contribution < 1.29 is 49.4 Å². The minimum absolute atomic E-state index is 0. The number of carbonyl (C=O) groups is 2. The van der Waals surface area contributed by atoms with E-state index >= 15 is 0 Å². The molecule has 0 atom stereocenters. The minimum atomic E-state index is -1.63. The number of carboxylic acid groups (broad SMARTS) is 2. The molecule has 0 aromatic carbocycles. The number of rotatable bonds is 2. The number of carbonyl (C=O) groups excluding carboxylic acids is 2. The second-order valence-electron chi connectivity index (χ2n) is 0.921. The summed E-state index contributed by atoms with van der Waals surface area (Å²) in [4.78, 5) is 18.6. The van der Waals surface area contributed by atoms with Gasteiger partial charge >= 0.3 is 29.6 Å². The molecule has 0 aromatic rings. The molecule has 0 spiro atoms. The zero-order chi connectivity index (χ0) is 5.86. The number of carboxylic acids is 2. The molecule has 40 valence electrons. The van der Waals surface area contributed by atoms with Gasteiger partial charge in [-0.25, -0.2) is 0 Å². The summed E-state index contributed by atoms with van der Waals surface area (Å²) in [7, 11) is 0. The van der Waals surface area contributed by atoms with Crippen molar-refractivity contribution in [2.24, 2.45) is 0 Å². The first-order valence-corrected chi connectivity index (χ1v) is 1.52. The van der Waals surface area contributed by atoms with E-state index in [9.17, 15) is 19.8 Å². The van der Waals surface area contributed by atoms with Crippen LogP contribution in [-0.4, -0.2) is 11.9 Å². The van der Waals surface area contributed by atoms with Crippen molar-refractivity contribution in [3.05, 3.63) is 0 Å². The van der Waals surface area contributed by atoms with Crippen molar-refractivity contribution in [1.82, 2.24) is 0 Å². The first kappa shape index (κ1) is 10.8. The molecule has 0 unspecified atom stereocenters. The quantitative estimate of drug-likeness (QED) is 0.271. The fraction of sp³-hybridized carbons (Fsp3) is 0.333. The van der Waals surface area contributed by atoms with Gasteiger partial charge in [-0.2, -0.15) is 0 Å². The summed E-state index contributed by atoms with van der Waals surface area (Å²) in [5.74, 6) is -3.25. The summed E-state index contributed by atoms with van der Waals surface area (Å²) in [6, 6.07) is 0. The third kappa shape index (κ3) is 9.34. The van der Waals surface area contributed by atoms with E-state index in [0.717, 1.165) is 0 Å². The summed E-state index contributed by atoms with van der Waals surface area (Å²) in [6.45, 7) is 0. The van der Waals surface area contributed by atoms with Crippen LogP contribution in [0.3, 0.4) is 0 Å². The van der Waals surface area contributed by atoms with Gasteiger partial charge in [-0.15, -0.1) is 0 Å². The van der Waals surface area contributed by atoms with E-state index in [0.29, 0.717) is 0 Å². The second kappa shape index (κ2) is 5.08. The summed E-state index contributed by atoms with van der Waals surface area (Å²) >= 11 is 0. The van der Waals surface area contributed by atoms with Gasteiger partial charge in [0.1, 0.15) is 0 Å². The molecule has 0 saturated carbocycles. The van der Waals surface area contributed by atoms with E-state index in [1.165, 1.54) is 0 Å². The van der Waals surface area contributed by atoms with Gasteiger partial charge in [-0.05, 0) is 0 Å². The van der Waals surface area contributed by atoms with Gasteiger partial charge in [0.25, 0.3) is 0 Å². The normalized spacial score (nSPS) is 7.00. The minimum Gasteiger partial charge on any atom is -0.550 e. The van der Waals surface area contributed by atoms with E-state index < -0.39 is 18.4 Å². The molecule has 0 saturated heterocycles. The van der Waals surface area contributed by atoms with E-state index in [1.54, 1.807) is 0 Å². The molecule has 0 bridgehead atoms. The zero-order valence-electron chi connectivity index (χ0n) is 4.34. The molecule has 0 aliphatic rings. The third-order valence-electron chi connectivity index (χ3n) is 0.289. The molecule has 0 aliphatic carbocycles. The summed E-state index contributed by atoms with van der Waals surface area (Å²) in [5.41, 5.74) is 0. The van der Waals surface area contributed by atoms with Crippen LogP contribution in [0.15, 0.2) is 0 Å². The maximum Gasteiger partial charge on any atom is 1.00 e.